The third kappa shape index (κ3) is 1.40. The number of hydrogen-bond acceptors (Lipinski definition) is 1. The first-order valence-electron chi connectivity index (χ1n) is 3.56. The molecule has 0 atom stereocenters. The van der Waals surface area contributed by atoms with E-state index in [0.717, 1.165) is 10.6 Å². The van der Waals surface area contributed by atoms with Crippen LogP contribution in [0.4, 0.5) is 0 Å². The van der Waals surface area contributed by atoms with Crippen LogP contribution in [0.25, 0.3) is 12.3 Å². The summed E-state index contributed by atoms with van der Waals surface area (Å²) in [5.41, 5.74) is 1.20. The Balaban J connectivity index is 3.54. The van der Waals surface area contributed by atoms with Crippen molar-refractivity contribution in [3.63, 3.8) is 0 Å². The minimum absolute atomic E-state index is 1.11. The maximum Gasteiger partial charge on any atom is 0.0428 e. The molecule has 1 heterocycles. The number of rotatable bonds is 1. The molecule has 0 amide bonds. The molecular weight excluding hydrogens is 136 g/mol. The van der Waals surface area contributed by atoms with E-state index in [9.17, 15) is 0 Å². The number of aromatic nitrogens is 1. The standard InChI is InChI=1S/C9H12N2/c1-4-9-8(6-10-3)7(2)5-11-9/h4-6,11H,3H2,1-2H3/b8-6-,9-4+. The molecule has 0 radical (unpaired) electrons. The number of aromatic amines is 1. The van der Waals surface area contributed by atoms with Gasteiger partial charge in [0, 0.05) is 23.0 Å². The molecule has 0 fully saturated rings. The molecule has 58 valence electrons. The van der Waals surface area contributed by atoms with Gasteiger partial charge in [0.05, 0.1) is 0 Å². The van der Waals surface area contributed by atoms with Gasteiger partial charge < -0.3 is 4.98 Å². The maximum atomic E-state index is 3.73. The molecule has 2 nitrogen and oxygen atoms in total. The number of aryl methyl sites for hydroxylation is 1. The van der Waals surface area contributed by atoms with Gasteiger partial charge in [0.25, 0.3) is 0 Å². The second kappa shape index (κ2) is 3.19. The van der Waals surface area contributed by atoms with E-state index < -0.39 is 0 Å². The molecule has 0 unspecified atom stereocenters. The molecule has 1 N–H and O–H groups in total. The fourth-order valence-electron chi connectivity index (χ4n) is 1.06. The predicted octanol–water partition coefficient (Wildman–Crippen LogP) is 0.562. The smallest absolute Gasteiger partial charge is 0.0428 e. The molecule has 0 spiro atoms. The Morgan fingerprint density at radius 1 is 1.64 bits per heavy atom. The first-order valence-corrected chi connectivity index (χ1v) is 3.56. The molecular formula is C9H12N2. The monoisotopic (exact) mass is 148 g/mol. The molecule has 0 aromatic carbocycles. The van der Waals surface area contributed by atoms with Gasteiger partial charge in [0.2, 0.25) is 0 Å². The van der Waals surface area contributed by atoms with Crippen LogP contribution in [0.5, 0.6) is 0 Å². The Morgan fingerprint density at radius 3 is 2.91 bits per heavy atom. The summed E-state index contributed by atoms with van der Waals surface area (Å²) in [6.07, 6.45) is 5.75. The number of aliphatic imine (C=N–C) groups is 1. The Bertz CT molecular complexity index is 357. The van der Waals surface area contributed by atoms with Crippen molar-refractivity contribution in [2.45, 2.75) is 13.8 Å². The van der Waals surface area contributed by atoms with Crippen LogP contribution in [-0.4, -0.2) is 11.7 Å². The zero-order chi connectivity index (χ0) is 8.27. The molecule has 0 aliphatic heterocycles. The van der Waals surface area contributed by atoms with E-state index >= 15 is 0 Å². The van der Waals surface area contributed by atoms with E-state index in [1.807, 2.05) is 26.1 Å². The number of H-pyrrole nitrogens is 1. The quantitative estimate of drug-likeness (QED) is 0.564. The zero-order valence-corrected chi connectivity index (χ0v) is 6.89. The van der Waals surface area contributed by atoms with Crippen LogP contribution in [-0.2, 0) is 0 Å². The van der Waals surface area contributed by atoms with Crippen LogP contribution in [0.3, 0.4) is 0 Å². The molecule has 0 aliphatic rings. The fourth-order valence-corrected chi connectivity index (χ4v) is 1.06. The second-order valence-corrected chi connectivity index (χ2v) is 2.40. The van der Waals surface area contributed by atoms with Crippen LogP contribution >= 0.6 is 0 Å². The van der Waals surface area contributed by atoms with Crippen LogP contribution in [0, 0.1) is 6.92 Å². The van der Waals surface area contributed by atoms with Crippen molar-refractivity contribution in [3.8, 4) is 0 Å². The van der Waals surface area contributed by atoms with E-state index in [1.54, 1.807) is 6.20 Å². The van der Waals surface area contributed by atoms with Crippen molar-refractivity contribution in [2.75, 3.05) is 0 Å². The third-order valence-corrected chi connectivity index (χ3v) is 1.67. The number of nitrogens with zero attached hydrogens (tertiary/aromatic N) is 1. The molecule has 0 aliphatic carbocycles. The van der Waals surface area contributed by atoms with E-state index in [1.165, 1.54) is 5.56 Å². The highest BCUT2D eigenvalue weighted by atomic mass is 14.7. The summed E-state index contributed by atoms with van der Waals surface area (Å²) in [4.78, 5) is 6.87. The summed E-state index contributed by atoms with van der Waals surface area (Å²) in [5, 5.41) is 2.23. The second-order valence-electron chi connectivity index (χ2n) is 2.40. The molecule has 0 bridgehead atoms. The highest BCUT2D eigenvalue weighted by molar-refractivity contribution is 5.39. The van der Waals surface area contributed by atoms with Gasteiger partial charge in [-0.3, -0.25) is 4.99 Å². The first-order chi connectivity index (χ1) is 5.29. The molecule has 0 saturated heterocycles. The molecule has 11 heavy (non-hydrogen) atoms. The summed E-state index contributed by atoms with van der Waals surface area (Å²) in [7, 11) is 0. The minimum Gasteiger partial charge on any atom is -0.361 e. The summed E-state index contributed by atoms with van der Waals surface area (Å²) in [6.45, 7) is 7.45. The lowest BCUT2D eigenvalue weighted by Gasteiger charge is -1.79. The fraction of sp³-hybridized carbons (Fsp3) is 0.222. The number of nitrogens with one attached hydrogen (secondary N) is 1. The van der Waals surface area contributed by atoms with Gasteiger partial charge in [-0.15, -0.1) is 0 Å². The lowest BCUT2D eigenvalue weighted by atomic mass is 10.3. The lowest BCUT2D eigenvalue weighted by molar-refractivity contribution is 1.31. The molecule has 1 aromatic rings. The highest BCUT2D eigenvalue weighted by Crippen LogP contribution is 1.79. The predicted molar refractivity (Wildman–Crippen MR) is 48.9 cm³/mol. The average Bonchev–Trinajstić information content (AvgIpc) is 2.34. The van der Waals surface area contributed by atoms with Crippen molar-refractivity contribution < 1.29 is 0 Å². The molecule has 2 heteroatoms. The van der Waals surface area contributed by atoms with Gasteiger partial charge in [0.1, 0.15) is 0 Å². The van der Waals surface area contributed by atoms with Gasteiger partial charge in [-0.25, -0.2) is 0 Å². The van der Waals surface area contributed by atoms with E-state index in [0.29, 0.717) is 0 Å². The van der Waals surface area contributed by atoms with E-state index in [4.69, 9.17) is 0 Å². The summed E-state index contributed by atoms with van der Waals surface area (Å²) < 4.78 is 0. The summed E-state index contributed by atoms with van der Waals surface area (Å²) in [6, 6.07) is 0. The van der Waals surface area contributed by atoms with E-state index in [-0.39, 0.29) is 0 Å². The van der Waals surface area contributed by atoms with Crippen molar-refractivity contribution in [1.29, 1.82) is 0 Å². The Hall–Kier alpha value is -1.31. The highest BCUT2D eigenvalue weighted by Gasteiger charge is 1.89. The van der Waals surface area contributed by atoms with Crippen LogP contribution in [0.1, 0.15) is 12.5 Å². The van der Waals surface area contributed by atoms with Crippen molar-refractivity contribution in [3.05, 3.63) is 22.3 Å². The van der Waals surface area contributed by atoms with Gasteiger partial charge in [0.15, 0.2) is 0 Å². The first kappa shape index (κ1) is 7.79. The Kier molecular flexibility index (Phi) is 2.26. The van der Waals surface area contributed by atoms with Gasteiger partial charge >= 0.3 is 0 Å². The topological polar surface area (TPSA) is 28.1 Å². The van der Waals surface area contributed by atoms with Crippen molar-refractivity contribution in [2.24, 2.45) is 4.99 Å². The average molecular weight is 148 g/mol. The SMILES string of the molecule is C=N/C=c1/c(C)c[nH]/c1=C/C. The zero-order valence-electron chi connectivity index (χ0n) is 6.89. The van der Waals surface area contributed by atoms with Crippen LogP contribution < -0.4 is 10.6 Å². The Labute approximate surface area is 66.0 Å². The normalized spacial score (nSPS) is 14.0. The summed E-state index contributed by atoms with van der Waals surface area (Å²) >= 11 is 0. The summed E-state index contributed by atoms with van der Waals surface area (Å²) in [5.74, 6) is 0. The minimum atomic E-state index is 1.11. The molecule has 1 rings (SSSR count). The van der Waals surface area contributed by atoms with Crippen molar-refractivity contribution >= 4 is 19.0 Å². The van der Waals surface area contributed by atoms with Crippen molar-refractivity contribution in [1.82, 2.24) is 4.98 Å². The van der Waals surface area contributed by atoms with Gasteiger partial charge in [-0.1, -0.05) is 6.08 Å². The van der Waals surface area contributed by atoms with Crippen LogP contribution in [0.15, 0.2) is 11.2 Å². The molecule has 1 aromatic heterocycles. The largest absolute Gasteiger partial charge is 0.361 e. The molecule has 0 saturated carbocycles. The van der Waals surface area contributed by atoms with Gasteiger partial charge in [-0.2, -0.15) is 0 Å². The third-order valence-electron chi connectivity index (χ3n) is 1.67. The van der Waals surface area contributed by atoms with E-state index in [2.05, 4.69) is 16.7 Å². The van der Waals surface area contributed by atoms with Gasteiger partial charge in [-0.05, 0) is 26.1 Å². The number of hydrogen-bond donors (Lipinski definition) is 1. The maximum absolute atomic E-state index is 3.73. The Morgan fingerprint density at radius 2 is 2.36 bits per heavy atom. The van der Waals surface area contributed by atoms with Crippen LogP contribution in [0.2, 0.25) is 0 Å². The lowest BCUT2D eigenvalue weighted by Crippen LogP contribution is -2.23.